The fraction of sp³-hybridized carbons (Fsp3) is 0.357. The van der Waals surface area contributed by atoms with Crippen LogP contribution in [0.1, 0.15) is 18.9 Å². The molecular formula is C14H17ClN4O. The van der Waals surface area contributed by atoms with Gasteiger partial charge in [0, 0.05) is 17.5 Å². The Morgan fingerprint density at radius 3 is 3.05 bits per heavy atom. The highest BCUT2D eigenvalue weighted by atomic mass is 35.5. The van der Waals surface area contributed by atoms with E-state index in [2.05, 4.69) is 15.4 Å². The van der Waals surface area contributed by atoms with Gasteiger partial charge in [0.2, 0.25) is 5.91 Å². The molecule has 0 fully saturated rings. The molecule has 0 aliphatic rings. The highest BCUT2D eigenvalue weighted by Crippen LogP contribution is 2.12. The molecule has 6 heteroatoms. The molecule has 20 heavy (non-hydrogen) atoms. The second-order valence-corrected chi connectivity index (χ2v) is 5.15. The number of carbonyl (C=O) groups is 1. The average Bonchev–Trinajstić information content (AvgIpc) is 2.89. The van der Waals surface area contributed by atoms with Gasteiger partial charge < -0.3 is 5.32 Å². The van der Waals surface area contributed by atoms with Gasteiger partial charge in [0.25, 0.3) is 0 Å². The molecule has 1 aromatic heterocycles. The zero-order chi connectivity index (χ0) is 14.4. The van der Waals surface area contributed by atoms with Gasteiger partial charge in [0.1, 0.15) is 12.7 Å². The molecule has 2 aromatic rings. The first-order valence-corrected chi connectivity index (χ1v) is 6.87. The summed E-state index contributed by atoms with van der Waals surface area (Å²) >= 11 is 5.94. The summed E-state index contributed by atoms with van der Waals surface area (Å²) < 4.78 is 1.64. The summed E-state index contributed by atoms with van der Waals surface area (Å²) in [6.45, 7) is 2.52. The van der Waals surface area contributed by atoms with E-state index >= 15 is 0 Å². The molecule has 1 unspecified atom stereocenters. The third kappa shape index (κ3) is 4.66. The van der Waals surface area contributed by atoms with E-state index in [1.54, 1.807) is 11.0 Å². The molecule has 106 valence electrons. The maximum atomic E-state index is 11.8. The highest BCUT2D eigenvalue weighted by molar-refractivity contribution is 6.30. The lowest BCUT2D eigenvalue weighted by Crippen LogP contribution is -2.34. The lowest BCUT2D eigenvalue weighted by Gasteiger charge is -2.14. The van der Waals surface area contributed by atoms with Crippen molar-refractivity contribution in [3.8, 4) is 0 Å². The Hall–Kier alpha value is -1.88. The second-order valence-electron chi connectivity index (χ2n) is 4.71. The SMILES string of the molecule is CC(Cc1cccc(Cl)c1)NC(=O)CCn1cncn1. The van der Waals surface area contributed by atoms with Crippen molar-refractivity contribution in [2.75, 3.05) is 0 Å². The van der Waals surface area contributed by atoms with Crippen molar-refractivity contribution < 1.29 is 4.79 Å². The predicted octanol–water partition coefficient (Wildman–Crippen LogP) is 2.07. The van der Waals surface area contributed by atoms with Crippen molar-refractivity contribution in [3.05, 3.63) is 47.5 Å². The standard InChI is InChI=1S/C14H17ClN4O/c1-11(7-12-3-2-4-13(15)8-12)18-14(20)5-6-19-10-16-9-17-19/h2-4,8-11H,5-7H2,1H3,(H,18,20). The maximum absolute atomic E-state index is 11.8. The molecule has 1 atom stereocenters. The average molecular weight is 293 g/mol. The number of carbonyl (C=O) groups excluding carboxylic acids is 1. The number of halogens is 1. The lowest BCUT2D eigenvalue weighted by molar-refractivity contribution is -0.121. The molecular weight excluding hydrogens is 276 g/mol. The van der Waals surface area contributed by atoms with Crippen LogP contribution in [0, 0.1) is 0 Å². The number of benzene rings is 1. The van der Waals surface area contributed by atoms with E-state index in [0.29, 0.717) is 18.0 Å². The predicted molar refractivity (Wildman–Crippen MR) is 77.4 cm³/mol. The number of amides is 1. The molecule has 0 aliphatic heterocycles. The number of aromatic nitrogens is 3. The van der Waals surface area contributed by atoms with Gasteiger partial charge in [-0.3, -0.25) is 9.48 Å². The quantitative estimate of drug-likeness (QED) is 0.886. The summed E-state index contributed by atoms with van der Waals surface area (Å²) in [5.41, 5.74) is 1.11. The van der Waals surface area contributed by atoms with Crippen molar-refractivity contribution in [3.63, 3.8) is 0 Å². The van der Waals surface area contributed by atoms with Crippen molar-refractivity contribution in [1.29, 1.82) is 0 Å². The van der Waals surface area contributed by atoms with Crippen molar-refractivity contribution in [2.45, 2.75) is 32.4 Å². The Morgan fingerprint density at radius 1 is 1.50 bits per heavy atom. The number of hydrogen-bond acceptors (Lipinski definition) is 3. The minimum atomic E-state index is 0.00929. The number of hydrogen-bond donors (Lipinski definition) is 1. The summed E-state index contributed by atoms with van der Waals surface area (Å²) in [7, 11) is 0. The third-order valence-corrected chi connectivity index (χ3v) is 3.11. The van der Waals surface area contributed by atoms with E-state index in [9.17, 15) is 4.79 Å². The monoisotopic (exact) mass is 292 g/mol. The van der Waals surface area contributed by atoms with Crippen LogP contribution in [0.4, 0.5) is 0 Å². The summed E-state index contributed by atoms with van der Waals surface area (Å²) in [6, 6.07) is 7.74. The van der Waals surface area contributed by atoms with Crippen LogP contribution in [0.5, 0.6) is 0 Å². The van der Waals surface area contributed by atoms with Gasteiger partial charge in [-0.15, -0.1) is 0 Å². The summed E-state index contributed by atoms with van der Waals surface area (Å²) in [6.07, 6.45) is 4.21. The second kappa shape index (κ2) is 7.05. The normalized spacial score (nSPS) is 12.1. The largest absolute Gasteiger partial charge is 0.353 e. The van der Waals surface area contributed by atoms with Gasteiger partial charge in [0.15, 0.2) is 0 Å². The van der Waals surface area contributed by atoms with Crippen LogP contribution in [0.2, 0.25) is 5.02 Å². The number of rotatable bonds is 6. The fourth-order valence-corrected chi connectivity index (χ4v) is 2.19. The van der Waals surface area contributed by atoms with Gasteiger partial charge in [-0.2, -0.15) is 5.10 Å². The van der Waals surface area contributed by atoms with Crippen molar-refractivity contribution in [2.24, 2.45) is 0 Å². The third-order valence-electron chi connectivity index (χ3n) is 2.87. The van der Waals surface area contributed by atoms with E-state index in [1.807, 2.05) is 31.2 Å². The lowest BCUT2D eigenvalue weighted by atomic mass is 10.1. The van der Waals surface area contributed by atoms with Crippen LogP contribution < -0.4 is 5.32 Å². The molecule has 0 aliphatic carbocycles. The Bertz CT molecular complexity index is 556. The molecule has 0 radical (unpaired) electrons. The molecule has 0 saturated carbocycles. The fourth-order valence-electron chi connectivity index (χ4n) is 1.98. The molecule has 1 heterocycles. The van der Waals surface area contributed by atoms with Gasteiger partial charge in [-0.1, -0.05) is 23.7 Å². The minimum absolute atomic E-state index is 0.00929. The van der Waals surface area contributed by atoms with Crippen molar-refractivity contribution >= 4 is 17.5 Å². The van der Waals surface area contributed by atoms with Crippen molar-refractivity contribution in [1.82, 2.24) is 20.1 Å². The van der Waals surface area contributed by atoms with Gasteiger partial charge in [-0.05, 0) is 31.0 Å². The molecule has 1 aromatic carbocycles. The molecule has 5 nitrogen and oxygen atoms in total. The van der Waals surface area contributed by atoms with Gasteiger partial charge in [0.05, 0.1) is 6.54 Å². The minimum Gasteiger partial charge on any atom is -0.353 e. The zero-order valence-electron chi connectivity index (χ0n) is 11.3. The molecule has 1 amide bonds. The van der Waals surface area contributed by atoms with Crippen LogP contribution in [-0.2, 0) is 17.8 Å². The maximum Gasteiger partial charge on any atom is 0.222 e. The van der Waals surface area contributed by atoms with Gasteiger partial charge >= 0.3 is 0 Å². The molecule has 0 bridgehead atoms. The van der Waals surface area contributed by atoms with E-state index in [0.717, 1.165) is 12.0 Å². The van der Waals surface area contributed by atoms with Gasteiger partial charge in [-0.25, -0.2) is 4.98 Å². The Balaban J connectivity index is 1.76. The molecule has 1 N–H and O–H groups in total. The number of nitrogens with one attached hydrogen (secondary N) is 1. The Labute approximate surface area is 123 Å². The van der Waals surface area contributed by atoms with Crippen LogP contribution in [0.3, 0.4) is 0 Å². The number of aryl methyl sites for hydroxylation is 1. The Kier molecular flexibility index (Phi) is 5.12. The van der Waals surface area contributed by atoms with Crippen LogP contribution in [-0.4, -0.2) is 26.7 Å². The van der Waals surface area contributed by atoms with E-state index < -0.39 is 0 Å². The van der Waals surface area contributed by atoms with E-state index in [1.165, 1.54) is 6.33 Å². The van der Waals surface area contributed by atoms with Crippen LogP contribution >= 0.6 is 11.6 Å². The summed E-state index contributed by atoms with van der Waals surface area (Å²) in [4.78, 5) is 15.6. The van der Waals surface area contributed by atoms with Crippen LogP contribution in [0.15, 0.2) is 36.9 Å². The first-order valence-electron chi connectivity index (χ1n) is 6.49. The molecule has 0 spiro atoms. The van der Waals surface area contributed by atoms with E-state index in [4.69, 9.17) is 11.6 Å². The highest BCUT2D eigenvalue weighted by Gasteiger charge is 2.08. The van der Waals surface area contributed by atoms with Crippen LogP contribution in [0.25, 0.3) is 0 Å². The zero-order valence-corrected chi connectivity index (χ0v) is 12.0. The summed E-state index contributed by atoms with van der Waals surface area (Å²) in [5.74, 6) is 0.00929. The first-order chi connectivity index (χ1) is 9.63. The summed E-state index contributed by atoms with van der Waals surface area (Å²) in [5, 5.41) is 7.64. The van der Waals surface area contributed by atoms with E-state index in [-0.39, 0.29) is 11.9 Å². The topological polar surface area (TPSA) is 59.8 Å². The smallest absolute Gasteiger partial charge is 0.222 e. The Morgan fingerprint density at radius 2 is 2.35 bits per heavy atom. The number of nitrogens with zero attached hydrogens (tertiary/aromatic N) is 3. The molecule has 0 saturated heterocycles. The first kappa shape index (κ1) is 14.5. The molecule has 2 rings (SSSR count).